The van der Waals surface area contributed by atoms with Crippen molar-refractivity contribution in [1.29, 1.82) is 0 Å². The van der Waals surface area contributed by atoms with Crippen LogP contribution in [0.4, 0.5) is 4.79 Å². The molecule has 0 aromatic rings. The van der Waals surface area contributed by atoms with Crippen LogP contribution in [0.15, 0.2) is 0 Å². The summed E-state index contributed by atoms with van der Waals surface area (Å²) in [5.41, 5.74) is 0. The highest BCUT2D eigenvalue weighted by Gasteiger charge is 2.30. The highest BCUT2D eigenvalue weighted by molar-refractivity contribution is 5.76. The van der Waals surface area contributed by atoms with E-state index in [1.807, 2.05) is 4.90 Å². The largest absolute Gasteiger partial charge is 0.481 e. The van der Waals surface area contributed by atoms with E-state index in [4.69, 9.17) is 10.2 Å². The highest BCUT2D eigenvalue weighted by atomic mass is 16.4. The number of likely N-dealkylation sites (tertiary alicyclic amines) is 1. The predicted octanol–water partition coefficient (Wildman–Crippen LogP) is 0.996. The first-order chi connectivity index (χ1) is 8.97. The molecule has 1 heterocycles. The monoisotopic (exact) mass is 272 g/mol. The molecule has 19 heavy (non-hydrogen) atoms. The second-order valence-corrected chi connectivity index (χ2v) is 5.26. The number of aliphatic hydroxyl groups excluding tert-OH is 1. The van der Waals surface area contributed by atoms with Crippen LogP contribution in [0.5, 0.6) is 0 Å². The van der Waals surface area contributed by atoms with Crippen molar-refractivity contribution >= 4 is 12.0 Å². The standard InChI is InChI=1S/C13H24N2O4/c1-10(12(17)18)9-14(2)13(19)15-7-3-5-11(15)6-4-8-16/h10-11,16H,3-9H2,1-2H3,(H,17,18). The Morgan fingerprint density at radius 2 is 2.16 bits per heavy atom. The van der Waals surface area contributed by atoms with E-state index in [0.29, 0.717) is 6.42 Å². The minimum Gasteiger partial charge on any atom is -0.481 e. The number of carbonyl (C=O) groups excluding carboxylic acids is 1. The van der Waals surface area contributed by atoms with Gasteiger partial charge in [0, 0.05) is 32.8 Å². The van der Waals surface area contributed by atoms with Crippen LogP contribution in [0.1, 0.15) is 32.6 Å². The lowest BCUT2D eigenvalue weighted by Gasteiger charge is -2.30. The number of nitrogens with zero attached hydrogens (tertiary/aromatic N) is 2. The van der Waals surface area contributed by atoms with Crippen molar-refractivity contribution in [2.45, 2.75) is 38.6 Å². The van der Waals surface area contributed by atoms with E-state index in [1.54, 1.807) is 14.0 Å². The summed E-state index contributed by atoms with van der Waals surface area (Å²) in [4.78, 5) is 26.4. The second-order valence-electron chi connectivity index (χ2n) is 5.26. The Balaban J connectivity index is 2.52. The van der Waals surface area contributed by atoms with E-state index in [9.17, 15) is 9.59 Å². The predicted molar refractivity (Wildman–Crippen MR) is 70.9 cm³/mol. The normalized spacial score (nSPS) is 20.4. The Labute approximate surface area is 114 Å². The number of urea groups is 1. The SMILES string of the molecule is CC(CN(C)C(=O)N1CCCC1CCCO)C(=O)O. The number of hydrogen-bond acceptors (Lipinski definition) is 3. The van der Waals surface area contributed by atoms with Gasteiger partial charge in [-0.1, -0.05) is 6.92 Å². The Morgan fingerprint density at radius 1 is 1.47 bits per heavy atom. The maximum atomic E-state index is 12.3. The average molecular weight is 272 g/mol. The van der Waals surface area contributed by atoms with Crippen molar-refractivity contribution in [1.82, 2.24) is 9.80 Å². The number of carboxylic acids is 1. The number of carboxylic acid groups (broad SMARTS) is 1. The molecular formula is C13H24N2O4. The minimum absolute atomic E-state index is 0.103. The molecule has 1 rings (SSSR count). The van der Waals surface area contributed by atoms with Gasteiger partial charge in [-0.15, -0.1) is 0 Å². The van der Waals surface area contributed by atoms with Crippen molar-refractivity contribution in [3.8, 4) is 0 Å². The quantitative estimate of drug-likeness (QED) is 0.755. The molecule has 2 atom stereocenters. The van der Waals surface area contributed by atoms with Crippen LogP contribution in [0.3, 0.4) is 0 Å². The summed E-state index contributed by atoms with van der Waals surface area (Å²) in [6, 6.07) is 0.0794. The first-order valence-electron chi connectivity index (χ1n) is 6.82. The maximum Gasteiger partial charge on any atom is 0.320 e. The molecule has 0 aromatic heterocycles. The van der Waals surface area contributed by atoms with Crippen molar-refractivity contribution < 1.29 is 19.8 Å². The van der Waals surface area contributed by atoms with Gasteiger partial charge in [0.15, 0.2) is 0 Å². The topological polar surface area (TPSA) is 81.1 Å². The van der Waals surface area contributed by atoms with Crippen molar-refractivity contribution in [3.05, 3.63) is 0 Å². The molecule has 6 heteroatoms. The fourth-order valence-corrected chi connectivity index (χ4v) is 2.50. The van der Waals surface area contributed by atoms with Crippen LogP contribution in [-0.2, 0) is 4.79 Å². The zero-order valence-electron chi connectivity index (χ0n) is 11.7. The van der Waals surface area contributed by atoms with Crippen molar-refractivity contribution in [2.75, 3.05) is 26.7 Å². The zero-order chi connectivity index (χ0) is 14.4. The number of hydrogen-bond donors (Lipinski definition) is 2. The maximum absolute atomic E-state index is 12.3. The van der Waals surface area contributed by atoms with Crippen LogP contribution in [-0.4, -0.2) is 64.8 Å². The van der Waals surface area contributed by atoms with Crippen LogP contribution < -0.4 is 0 Å². The van der Waals surface area contributed by atoms with Crippen LogP contribution >= 0.6 is 0 Å². The first-order valence-corrected chi connectivity index (χ1v) is 6.82. The van der Waals surface area contributed by atoms with Gasteiger partial charge >= 0.3 is 12.0 Å². The summed E-state index contributed by atoms with van der Waals surface area (Å²) in [6.07, 6.45) is 3.45. The summed E-state index contributed by atoms with van der Waals surface area (Å²) in [5, 5.41) is 17.7. The fraction of sp³-hybridized carbons (Fsp3) is 0.846. The number of aliphatic carboxylic acids is 1. The molecule has 0 radical (unpaired) electrons. The molecule has 2 unspecified atom stereocenters. The average Bonchev–Trinajstić information content (AvgIpc) is 2.83. The number of aliphatic hydroxyl groups is 1. The summed E-state index contributed by atoms with van der Waals surface area (Å²) < 4.78 is 0. The van der Waals surface area contributed by atoms with Gasteiger partial charge in [0.1, 0.15) is 0 Å². The molecule has 0 spiro atoms. The van der Waals surface area contributed by atoms with Gasteiger partial charge in [-0.05, 0) is 25.7 Å². The van der Waals surface area contributed by atoms with Gasteiger partial charge < -0.3 is 20.0 Å². The molecular weight excluding hydrogens is 248 g/mol. The summed E-state index contributed by atoms with van der Waals surface area (Å²) >= 11 is 0. The molecule has 1 aliphatic rings. The lowest BCUT2D eigenvalue weighted by Crippen LogP contribution is -2.45. The van der Waals surface area contributed by atoms with E-state index in [1.165, 1.54) is 4.90 Å². The number of rotatable bonds is 6. The Kier molecular flexibility index (Phi) is 6.08. The van der Waals surface area contributed by atoms with Crippen LogP contribution in [0, 0.1) is 5.92 Å². The van der Waals surface area contributed by atoms with Gasteiger partial charge in [0.25, 0.3) is 0 Å². The van der Waals surface area contributed by atoms with E-state index >= 15 is 0 Å². The van der Waals surface area contributed by atoms with E-state index < -0.39 is 11.9 Å². The summed E-state index contributed by atoms with van der Waals surface area (Å²) in [5.74, 6) is -1.45. The van der Waals surface area contributed by atoms with Gasteiger partial charge in [0.05, 0.1) is 5.92 Å². The molecule has 2 N–H and O–H groups in total. The molecule has 1 fully saturated rings. The third-order valence-electron chi connectivity index (χ3n) is 3.61. The van der Waals surface area contributed by atoms with E-state index in [-0.39, 0.29) is 25.2 Å². The molecule has 0 bridgehead atoms. The van der Waals surface area contributed by atoms with Crippen molar-refractivity contribution in [2.24, 2.45) is 5.92 Å². The third-order valence-corrected chi connectivity index (χ3v) is 3.61. The van der Waals surface area contributed by atoms with Crippen LogP contribution in [0.2, 0.25) is 0 Å². The number of carbonyl (C=O) groups is 2. The lowest BCUT2D eigenvalue weighted by molar-refractivity contribution is -0.141. The molecule has 6 nitrogen and oxygen atoms in total. The second kappa shape index (κ2) is 7.33. The highest BCUT2D eigenvalue weighted by Crippen LogP contribution is 2.22. The van der Waals surface area contributed by atoms with Gasteiger partial charge in [0.2, 0.25) is 0 Å². The van der Waals surface area contributed by atoms with Crippen LogP contribution in [0.25, 0.3) is 0 Å². The van der Waals surface area contributed by atoms with E-state index in [0.717, 1.165) is 25.8 Å². The van der Waals surface area contributed by atoms with Gasteiger partial charge in [-0.25, -0.2) is 4.79 Å². The van der Waals surface area contributed by atoms with Crippen molar-refractivity contribution in [3.63, 3.8) is 0 Å². The zero-order valence-corrected chi connectivity index (χ0v) is 11.7. The smallest absolute Gasteiger partial charge is 0.320 e. The summed E-state index contributed by atoms with van der Waals surface area (Å²) in [6.45, 7) is 2.68. The molecule has 0 aliphatic carbocycles. The van der Waals surface area contributed by atoms with Gasteiger partial charge in [-0.3, -0.25) is 4.79 Å². The molecule has 1 saturated heterocycles. The Hall–Kier alpha value is -1.30. The first kappa shape index (κ1) is 15.8. The summed E-state index contributed by atoms with van der Waals surface area (Å²) in [7, 11) is 1.64. The molecule has 0 saturated carbocycles. The number of amides is 2. The Morgan fingerprint density at radius 3 is 2.74 bits per heavy atom. The van der Waals surface area contributed by atoms with Gasteiger partial charge in [-0.2, -0.15) is 0 Å². The lowest BCUT2D eigenvalue weighted by atomic mass is 10.1. The molecule has 110 valence electrons. The molecule has 1 aliphatic heterocycles. The van der Waals surface area contributed by atoms with E-state index in [2.05, 4.69) is 0 Å². The third kappa shape index (κ3) is 4.38. The molecule has 2 amide bonds. The minimum atomic E-state index is -0.891. The Bertz CT molecular complexity index is 322. The fourth-order valence-electron chi connectivity index (χ4n) is 2.50. The molecule has 0 aromatic carbocycles.